The summed E-state index contributed by atoms with van der Waals surface area (Å²) in [5.74, 6) is 1.31. The van der Waals surface area contributed by atoms with Crippen LogP contribution in [0.25, 0.3) is 0 Å². The van der Waals surface area contributed by atoms with Crippen molar-refractivity contribution >= 4 is 11.7 Å². The van der Waals surface area contributed by atoms with Gasteiger partial charge in [0.05, 0.1) is 5.92 Å². The first-order chi connectivity index (χ1) is 10.6. The molecule has 6 nitrogen and oxygen atoms in total. The Bertz CT molecular complexity index is 675. The maximum absolute atomic E-state index is 12.1. The quantitative estimate of drug-likeness (QED) is 0.789. The number of aromatic nitrogens is 2. The van der Waals surface area contributed by atoms with Crippen molar-refractivity contribution in [1.29, 1.82) is 0 Å². The lowest BCUT2D eigenvalue weighted by Gasteiger charge is -2.37. The normalized spacial score (nSPS) is 14.7. The van der Waals surface area contributed by atoms with E-state index in [1.165, 1.54) is 0 Å². The molecule has 1 saturated heterocycles. The molecule has 1 amide bonds. The van der Waals surface area contributed by atoms with Crippen LogP contribution >= 0.6 is 0 Å². The van der Waals surface area contributed by atoms with Gasteiger partial charge in [-0.3, -0.25) is 9.59 Å². The third-order valence-corrected chi connectivity index (χ3v) is 3.79. The Morgan fingerprint density at radius 2 is 1.95 bits per heavy atom. The molecule has 0 aliphatic carbocycles. The summed E-state index contributed by atoms with van der Waals surface area (Å²) in [5, 5.41) is 3.75. The molecule has 3 rings (SSSR count). The molecular weight excluding hydrogens is 282 g/mol. The number of amides is 1. The number of nitrogens with zero attached hydrogens (tertiary/aromatic N) is 3. The number of ketones is 1. The van der Waals surface area contributed by atoms with Crippen LogP contribution in [0.1, 0.15) is 40.8 Å². The SMILES string of the molecule is Cc1noc(C2CN(C(=O)CCC(=O)c3ccccc3)C2)n1. The summed E-state index contributed by atoms with van der Waals surface area (Å²) in [6.07, 6.45) is 0.479. The molecule has 0 unspecified atom stereocenters. The van der Waals surface area contributed by atoms with E-state index in [4.69, 9.17) is 4.52 Å². The lowest BCUT2D eigenvalue weighted by molar-refractivity contribution is -0.135. The Balaban J connectivity index is 1.45. The molecular formula is C16H17N3O3. The molecule has 2 aromatic rings. The molecule has 2 heterocycles. The van der Waals surface area contributed by atoms with Crippen LogP contribution in [0.2, 0.25) is 0 Å². The van der Waals surface area contributed by atoms with E-state index in [1.807, 2.05) is 18.2 Å². The number of Topliss-reactive ketones (excluding diaryl/α,β-unsaturated/α-hetero) is 1. The lowest BCUT2D eigenvalue weighted by Crippen LogP contribution is -2.48. The summed E-state index contributed by atoms with van der Waals surface area (Å²) in [6.45, 7) is 2.93. The van der Waals surface area contributed by atoms with E-state index in [0.717, 1.165) is 0 Å². The van der Waals surface area contributed by atoms with Gasteiger partial charge in [-0.2, -0.15) is 4.98 Å². The maximum atomic E-state index is 12.1. The molecule has 22 heavy (non-hydrogen) atoms. The Hall–Kier alpha value is -2.50. The van der Waals surface area contributed by atoms with Gasteiger partial charge in [0.15, 0.2) is 11.6 Å². The number of carbonyl (C=O) groups excluding carboxylic acids is 2. The Morgan fingerprint density at radius 3 is 2.59 bits per heavy atom. The average Bonchev–Trinajstić information content (AvgIpc) is 2.90. The number of aryl methyl sites for hydroxylation is 1. The third-order valence-electron chi connectivity index (χ3n) is 3.79. The molecule has 0 N–H and O–H groups in total. The predicted molar refractivity (Wildman–Crippen MR) is 78.4 cm³/mol. The minimum absolute atomic E-state index is 0.00134. The van der Waals surface area contributed by atoms with Crippen LogP contribution in [0.5, 0.6) is 0 Å². The zero-order chi connectivity index (χ0) is 15.5. The van der Waals surface area contributed by atoms with Crippen molar-refractivity contribution in [2.75, 3.05) is 13.1 Å². The van der Waals surface area contributed by atoms with Crippen LogP contribution in [0, 0.1) is 6.92 Å². The van der Waals surface area contributed by atoms with Crippen molar-refractivity contribution in [3.05, 3.63) is 47.6 Å². The van der Waals surface area contributed by atoms with E-state index in [-0.39, 0.29) is 30.4 Å². The van der Waals surface area contributed by atoms with E-state index in [0.29, 0.717) is 30.4 Å². The van der Waals surface area contributed by atoms with Crippen LogP contribution in [-0.4, -0.2) is 39.8 Å². The van der Waals surface area contributed by atoms with Crippen molar-refractivity contribution in [3.63, 3.8) is 0 Å². The van der Waals surface area contributed by atoms with Gasteiger partial charge in [0.25, 0.3) is 0 Å². The van der Waals surface area contributed by atoms with Crippen molar-refractivity contribution < 1.29 is 14.1 Å². The van der Waals surface area contributed by atoms with Gasteiger partial charge in [0, 0.05) is 31.5 Å². The molecule has 1 aliphatic rings. The fourth-order valence-corrected chi connectivity index (χ4v) is 2.46. The van der Waals surface area contributed by atoms with Crippen LogP contribution in [0.15, 0.2) is 34.9 Å². The first kappa shape index (κ1) is 14.4. The number of hydrogen-bond acceptors (Lipinski definition) is 5. The van der Waals surface area contributed by atoms with Gasteiger partial charge in [-0.25, -0.2) is 0 Å². The second-order valence-electron chi connectivity index (χ2n) is 5.46. The number of benzene rings is 1. The standard InChI is InChI=1S/C16H17N3O3/c1-11-17-16(22-18-11)13-9-19(10-13)15(21)8-7-14(20)12-5-3-2-4-6-12/h2-6,13H,7-10H2,1H3. The van der Waals surface area contributed by atoms with Crippen molar-refractivity contribution in [2.45, 2.75) is 25.7 Å². The smallest absolute Gasteiger partial charge is 0.233 e. The van der Waals surface area contributed by atoms with E-state index in [2.05, 4.69) is 10.1 Å². The largest absolute Gasteiger partial charge is 0.341 e. The van der Waals surface area contributed by atoms with Crippen LogP contribution in [0.4, 0.5) is 0 Å². The molecule has 0 spiro atoms. The molecule has 0 atom stereocenters. The number of rotatable bonds is 5. The maximum Gasteiger partial charge on any atom is 0.233 e. The number of likely N-dealkylation sites (tertiary alicyclic amines) is 1. The summed E-state index contributed by atoms with van der Waals surface area (Å²) in [4.78, 5) is 29.9. The molecule has 1 fully saturated rings. The molecule has 1 aromatic heterocycles. The lowest BCUT2D eigenvalue weighted by atomic mass is 9.98. The zero-order valence-corrected chi connectivity index (χ0v) is 12.4. The minimum atomic E-state index is -0.00299. The molecule has 1 aromatic carbocycles. The van der Waals surface area contributed by atoms with E-state index >= 15 is 0 Å². The van der Waals surface area contributed by atoms with Crippen molar-refractivity contribution in [3.8, 4) is 0 Å². The second kappa shape index (κ2) is 6.09. The first-order valence-electron chi connectivity index (χ1n) is 7.29. The molecule has 114 valence electrons. The number of carbonyl (C=O) groups is 2. The van der Waals surface area contributed by atoms with E-state index in [9.17, 15) is 9.59 Å². The summed E-state index contributed by atoms with van der Waals surface area (Å²) < 4.78 is 5.10. The molecule has 0 radical (unpaired) electrons. The Kier molecular flexibility index (Phi) is 4.00. The predicted octanol–water partition coefficient (Wildman–Crippen LogP) is 1.97. The molecule has 0 saturated carbocycles. The highest BCUT2D eigenvalue weighted by Gasteiger charge is 2.35. The first-order valence-corrected chi connectivity index (χ1v) is 7.29. The van der Waals surface area contributed by atoms with Crippen LogP contribution < -0.4 is 0 Å². The topological polar surface area (TPSA) is 76.3 Å². The van der Waals surface area contributed by atoms with Gasteiger partial charge in [-0.1, -0.05) is 35.5 Å². The van der Waals surface area contributed by atoms with E-state index in [1.54, 1.807) is 24.0 Å². The van der Waals surface area contributed by atoms with Gasteiger partial charge >= 0.3 is 0 Å². The van der Waals surface area contributed by atoms with Gasteiger partial charge in [0.2, 0.25) is 11.8 Å². The van der Waals surface area contributed by atoms with Crippen LogP contribution in [-0.2, 0) is 4.79 Å². The fourth-order valence-electron chi connectivity index (χ4n) is 2.46. The summed E-state index contributed by atoms with van der Waals surface area (Å²) in [7, 11) is 0. The second-order valence-corrected chi connectivity index (χ2v) is 5.46. The molecule has 1 aliphatic heterocycles. The summed E-state index contributed by atoms with van der Waals surface area (Å²) in [6, 6.07) is 9.04. The summed E-state index contributed by atoms with van der Waals surface area (Å²) in [5.41, 5.74) is 0.651. The van der Waals surface area contributed by atoms with Gasteiger partial charge < -0.3 is 9.42 Å². The fraction of sp³-hybridized carbons (Fsp3) is 0.375. The Labute approximate surface area is 128 Å². The van der Waals surface area contributed by atoms with E-state index < -0.39 is 0 Å². The number of hydrogen-bond donors (Lipinski definition) is 0. The van der Waals surface area contributed by atoms with Gasteiger partial charge in [-0.05, 0) is 6.92 Å². The molecule has 6 heteroatoms. The zero-order valence-electron chi connectivity index (χ0n) is 12.4. The molecule has 0 bridgehead atoms. The minimum Gasteiger partial charge on any atom is -0.341 e. The Morgan fingerprint density at radius 1 is 1.23 bits per heavy atom. The van der Waals surface area contributed by atoms with Crippen molar-refractivity contribution in [1.82, 2.24) is 15.0 Å². The van der Waals surface area contributed by atoms with Crippen molar-refractivity contribution in [2.24, 2.45) is 0 Å². The van der Waals surface area contributed by atoms with Gasteiger partial charge in [-0.15, -0.1) is 0 Å². The van der Waals surface area contributed by atoms with Crippen LogP contribution in [0.3, 0.4) is 0 Å². The average molecular weight is 299 g/mol. The highest BCUT2D eigenvalue weighted by molar-refractivity contribution is 5.97. The van der Waals surface area contributed by atoms with Gasteiger partial charge in [0.1, 0.15) is 0 Å². The third kappa shape index (κ3) is 3.05. The highest BCUT2D eigenvalue weighted by atomic mass is 16.5. The summed E-state index contributed by atoms with van der Waals surface area (Å²) >= 11 is 0. The highest BCUT2D eigenvalue weighted by Crippen LogP contribution is 2.26. The monoisotopic (exact) mass is 299 g/mol.